The molecule has 5 nitrogen and oxygen atoms in total. The van der Waals surface area contributed by atoms with Crippen molar-refractivity contribution in [2.24, 2.45) is 16.6 Å². The summed E-state index contributed by atoms with van der Waals surface area (Å²) in [6.07, 6.45) is 1.95. The molecule has 3 N–H and O–H groups in total. The normalized spacial score (nSPS) is 29.1. The number of rotatable bonds is 3. The second-order valence-corrected chi connectivity index (χ2v) is 9.69. The van der Waals surface area contributed by atoms with E-state index in [0.29, 0.717) is 22.9 Å². The highest BCUT2D eigenvalue weighted by Crippen LogP contribution is 2.42. The van der Waals surface area contributed by atoms with E-state index >= 15 is 0 Å². The van der Waals surface area contributed by atoms with Crippen LogP contribution in [0, 0.1) is 5.92 Å². The van der Waals surface area contributed by atoms with Crippen LogP contribution in [0.25, 0.3) is 11.1 Å². The van der Waals surface area contributed by atoms with Crippen LogP contribution in [0.15, 0.2) is 47.5 Å². The van der Waals surface area contributed by atoms with E-state index in [-0.39, 0.29) is 36.4 Å². The van der Waals surface area contributed by atoms with E-state index < -0.39 is 5.54 Å². The summed E-state index contributed by atoms with van der Waals surface area (Å²) in [5.74, 6) is 0.279. The summed E-state index contributed by atoms with van der Waals surface area (Å²) in [7, 11) is 0. The average molecular weight is 460 g/mol. The van der Waals surface area contributed by atoms with Crippen molar-refractivity contribution in [2.75, 3.05) is 0 Å². The average Bonchev–Trinajstić information content (AvgIpc) is 2.70. The Balaban J connectivity index is 1.69. The van der Waals surface area contributed by atoms with Crippen molar-refractivity contribution in [3.8, 4) is 11.1 Å². The molecule has 7 heteroatoms. The summed E-state index contributed by atoms with van der Waals surface area (Å²) in [6, 6.07) is 13.2. The molecule has 1 aliphatic carbocycles. The maximum atomic E-state index is 13.2. The van der Waals surface area contributed by atoms with Crippen LogP contribution in [0.2, 0.25) is 10.0 Å². The Morgan fingerprint density at radius 1 is 1.19 bits per heavy atom. The predicted octanol–water partition coefficient (Wildman–Crippen LogP) is 4.97. The van der Waals surface area contributed by atoms with Crippen LogP contribution in [0.3, 0.4) is 0 Å². The van der Waals surface area contributed by atoms with Gasteiger partial charge in [-0.05, 0) is 55.4 Å². The first kappa shape index (κ1) is 22.1. The summed E-state index contributed by atoms with van der Waals surface area (Å²) in [4.78, 5) is 19.6. The molecule has 0 radical (unpaired) electrons. The van der Waals surface area contributed by atoms with Gasteiger partial charge in [0.1, 0.15) is 0 Å². The third-order valence-corrected chi connectivity index (χ3v) is 7.19. The highest BCUT2D eigenvalue weighted by atomic mass is 35.5. The minimum atomic E-state index is -0.858. The molecule has 0 aromatic heterocycles. The van der Waals surface area contributed by atoms with Crippen LogP contribution in [0.1, 0.15) is 45.1 Å². The van der Waals surface area contributed by atoms with Crippen LogP contribution >= 0.6 is 23.2 Å². The first-order valence-electron chi connectivity index (χ1n) is 10.6. The molecule has 1 fully saturated rings. The van der Waals surface area contributed by atoms with Crippen LogP contribution in [-0.2, 0) is 10.3 Å². The zero-order valence-corrected chi connectivity index (χ0v) is 19.2. The molecule has 2 aromatic carbocycles. The van der Waals surface area contributed by atoms with Gasteiger partial charge in [-0.25, -0.2) is 4.99 Å². The number of hydrogen-bond acceptors (Lipinski definition) is 4. The Hall–Kier alpha value is -2.08. The number of amides is 1. The van der Waals surface area contributed by atoms with Gasteiger partial charge in [0.25, 0.3) is 0 Å². The minimum Gasteiger partial charge on any atom is -0.393 e. The minimum absolute atomic E-state index is 0.0348. The number of nitrogens with zero attached hydrogens (tertiary/aromatic N) is 2. The lowest BCUT2D eigenvalue weighted by atomic mass is 9.82. The summed E-state index contributed by atoms with van der Waals surface area (Å²) < 4.78 is 0. The van der Waals surface area contributed by atoms with Gasteiger partial charge in [-0.3, -0.25) is 9.69 Å². The fourth-order valence-electron chi connectivity index (χ4n) is 4.81. The quantitative estimate of drug-likeness (QED) is 0.679. The van der Waals surface area contributed by atoms with Crippen LogP contribution < -0.4 is 5.73 Å². The molecule has 0 bridgehead atoms. The zero-order valence-electron chi connectivity index (χ0n) is 17.7. The molecular weight excluding hydrogens is 433 g/mol. The fourth-order valence-corrected chi connectivity index (χ4v) is 5.44. The largest absolute Gasteiger partial charge is 0.393 e. The van der Waals surface area contributed by atoms with Crippen molar-refractivity contribution >= 4 is 35.1 Å². The monoisotopic (exact) mass is 459 g/mol. The van der Waals surface area contributed by atoms with E-state index in [2.05, 4.69) is 0 Å². The van der Waals surface area contributed by atoms with Gasteiger partial charge in [-0.1, -0.05) is 60.5 Å². The van der Waals surface area contributed by atoms with E-state index in [1.165, 1.54) is 0 Å². The molecule has 164 valence electrons. The number of carbonyl (C=O) groups is 1. The highest BCUT2D eigenvalue weighted by Gasteiger charge is 2.42. The first-order chi connectivity index (χ1) is 14.7. The number of benzene rings is 2. The number of guanidine groups is 1. The van der Waals surface area contributed by atoms with Crippen molar-refractivity contribution in [2.45, 2.75) is 57.2 Å². The van der Waals surface area contributed by atoms with E-state index in [9.17, 15) is 9.90 Å². The van der Waals surface area contributed by atoms with Crippen molar-refractivity contribution in [3.63, 3.8) is 0 Å². The van der Waals surface area contributed by atoms with Crippen molar-refractivity contribution in [3.05, 3.63) is 58.1 Å². The molecule has 0 saturated heterocycles. The van der Waals surface area contributed by atoms with Gasteiger partial charge in [0, 0.05) is 16.6 Å². The third-order valence-electron chi connectivity index (χ3n) is 6.55. The molecule has 1 aliphatic heterocycles. The second kappa shape index (κ2) is 8.45. The Morgan fingerprint density at radius 2 is 1.94 bits per heavy atom. The van der Waals surface area contributed by atoms with Gasteiger partial charge in [0.05, 0.1) is 23.1 Å². The second-order valence-electron chi connectivity index (χ2n) is 8.87. The van der Waals surface area contributed by atoms with Crippen molar-refractivity contribution in [1.29, 1.82) is 0 Å². The molecular formula is C24H27Cl2N3O2. The van der Waals surface area contributed by atoms with Gasteiger partial charge in [0.15, 0.2) is 5.96 Å². The fraction of sp³-hybridized carbons (Fsp3) is 0.417. The molecule has 2 aromatic rings. The van der Waals surface area contributed by atoms with Gasteiger partial charge in [-0.2, -0.15) is 0 Å². The van der Waals surface area contributed by atoms with Crippen LogP contribution in [-0.4, -0.2) is 34.0 Å². The molecule has 4 rings (SSSR count). The Bertz CT molecular complexity index is 1040. The Kier molecular flexibility index (Phi) is 6.03. The van der Waals surface area contributed by atoms with E-state index in [1.54, 1.807) is 4.90 Å². The molecule has 31 heavy (non-hydrogen) atoms. The van der Waals surface area contributed by atoms with Gasteiger partial charge in [0.2, 0.25) is 5.91 Å². The van der Waals surface area contributed by atoms with E-state index in [0.717, 1.165) is 23.1 Å². The molecule has 1 amide bonds. The Morgan fingerprint density at radius 3 is 2.61 bits per heavy atom. The molecule has 1 heterocycles. The predicted molar refractivity (Wildman–Crippen MR) is 125 cm³/mol. The summed E-state index contributed by atoms with van der Waals surface area (Å²) in [5, 5.41) is 11.2. The molecule has 2 aliphatic rings. The topological polar surface area (TPSA) is 78.9 Å². The lowest BCUT2D eigenvalue weighted by Gasteiger charge is -2.42. The molecule has 4 atom stereocenters. The zero-order chi connectivity index (χ0) is 22.3. The number of aliphatic hydroxyl groups is 1. The van der Waals surface area contributed by atoms with E-state index in [1.807, 2.05) is 56.3 Å². The number of carbonyl (C=O) groups excluding carboxylic acids is 1. The van der Waals surface area contributed by atoms with Gasteiger partial charge >= 0.3 is 0 Å². The SMILES string of the molecule is C[C@H]1C[C@@H](N2C(=O)C[C@@](C)(c3cccc(-c4cccc(Cl)c4)c3Cl)N=C2N)CC[C@H]1O. The lowest BCUT2D eigenvalue weighted by Crippen LogP contribution is -2.56. The number of nitrogens with two attached hydrogens (primary N) is 1. The maximum Gasteiger partial charge on any atom is 0.232 e. The number of halogens is 2. The molecule has 0 spiro atoms. The standard InChI is InChI=1S/C24H27Cl2N3O2/c1-14-11-17(9-10-20(14)30)29-21(31)13-24(2,28-23(29)27)19-8-4-7-18(22(19)26)15-5-3-6-16(25)12-15/h3-8,12,14,17,20,30H,9-11,13H2,1-2H3,(H2,27,28)/t14-,17-,20+,24-/m0/s1. The smallest absolute Gasteiger partial charge is 0.232 e. The third kappa shape index (κ3) is 4.19. The summed E-state index contributed by atoms with van der Waals surface area (Å²) in [5.41, 5.74) is 7.98. The van der Waals surface area contributed by atoms with Crippen molar-refractivity contribution in [1.82, 2.24) is 4.90 Å². The summed E-state index contributed by atoms with van der Waals surface area (Å²) >= 11 is 13.0. The van der Waals surface area contributed by atoms with Gasteiger partial charge in [-0.15, -0.1) is 0 Å². The molecule has 1 saturated carbocycles. The number of aliphatic hydroxyl groups excluding tert-OH is 1. The van der Waals surface area contributed by atoms with Crippen LogP contribution in [0.4, 0.5) is 0 Å². The highest BCUT2D eigenvalue weighted by molar-refractivity contribution is 6.34. The van der Waals surface area contributed by atoms with Crippen molar-refractivity contribution < 1.29 is 9.90 Å². The number of aliphatic imine (C=N–C) groups is 1. The van der Waals surface area contributed by atoms with E-state index in [4.69, 9.17) is 33.9 Å². The summed E-state index contributed by atoms with van der Waals surface area (Å²) in [6.45, 7) is 3.90. The molecule has 0 unspecified atom stereocenters. The number of hydrogen-bond donors (Lipinski definition) is 2. The first-order valence-corrected chi connectivity index (χ1v) is 11.4. The van der Waals surface area contributed by atoms with Crippen LogP contribution in [0.5, 0.6) is 0 Å². The maximum absolute atomic E-state index is 13.2. The van der Waals surface area contributed by atoms with Gasteiger partial charge < -0.3 is 10.8 Å². The lowest BCUT2D eigenvalue weighted by molar-refractivity contribution is -0.132. The Labute approximate surface area is 192 Å².